The van der Waals surface area contributed by atoms with E-state index in [0.717, 1.165) is 17.1 Å². The Labute approximate surface area is 106 Å². The maximum absolute atomic E-state index is 12.5. The van der Waals surface area contributed by atoms with E-state index < -0.39 is 6.30 Å². The van der Waals surface area contributed by atoms with Crippen molar-refractivity contribution in [3.8, 4) is 0 Å². The van der Waals surface area contributed by atoms with Gasteiger partial charge in [-0.3, -0.25) is 5.43 Å². The minimum absolute atomic E-state index is 0.0409. The number of para-hydroxylation sites is 1. The number of benzene rings is 1. The van der Waals surface area contributed by atoms with Crippen molar-refractivity contribution in [2.75, 3.05) is 0 Å². The summed E-state index contributed by atoms with van der Waals surface area (Å²) in [5, 5.41) is 0.977. The van der Waals surface area contributed by atoms with Crippen LogP contribution in [0, 0.1) is 0 Å². The van der Waals surface area contributed by atoms with Gasteiger partial charge in [-0.1, -0.05) is 24.3 Å². The number of nitrogens with zero attached hydrogens (tertiary/aromatic N) is 2. The maximum atomic E-state index is 12.5. The maximum Gasteiger partial charge on any atom is 0.500 e. The van der Waals surface area contributed by atoms with Crippen LogP contribution in [-0.4, -0.2) is 16.3 Å². The number of halogens is 3. The van der Waals surface area contributed by atoms with Crippen molar-refractivity contribution < 1.29 is 13.2 Å². The highest BCUT2D eigenvalue weighted by atomic mass is 19.4. The van der Waals surface area contributed by atoms with Gasteiger partial charge >= 0.3 is 6.30 Å². The molecule has 0 atom stereocenters. The molecular formula is C12H9F3N4. The largest absolute Gasteiger partial charge is 0.500 e. The highest BCUT2D eigenvalue weighted by Gasteiger charge is 2.38. The van der Waals surface area contributed by atoms with Crippen LogP contribution in [0.25, 0.3) is 16.6 Å². The Morgan fingerprint density at radius 1 is 1.05 bits per heavy atom. The van der Waals surface area contributed by atoms with Crippen LogP contribution in [0.4, 0.5) is 13.2 Å². The van der Waals surface area contributed by atoms with E-state index in [0.29, 0.717) is 5.69 Å². The molecule has 0 bridgehead atoms. The molecule has 2 heterocycles. The van der Waals surface area contributed by atoms with Crippen LogP contribution in [0.3, 0.4) is 0 Å². The normalized spacial score (nSPS) is 15.5. The van der Waals surface area contributed by atoms with Crippen molar-refractivity contribution >= 4 is 16.6 Å². The van der Waals surface area contributed by atoms with Gasteiger partial charge in [0.05, 0.1) is 23.1 Å². The molecule has 0 spiro atoms. The number of pyridine rings is 1. The lowest BCUT2D eigenvalue weighted by Crippen LogP contribution is -2.45. The molecular weight excluding hydrogens is 257 g/mol. The van der Waals surface area contributed by atoms with E-state index in [1.54, 1.807) is 6.07 Å². The second kappa shape index (κ2) is 4.13. The number of hydrogen-bond acceptors (Lipinski definition) is 4. The van der Waals surface area contributed by atoms with Crippen molar-refractivity contribution in [2.24, 2.45) is 0 Å². The molecule has 0 radical (unpaired) electrons. The highest BCUT2D eigenvalue weighted by Crippen LogP contribution is 2.25. The zero-order valence-electron chi connectivity index (χ0n) is 9.57. The lowest BCUT2D eigenvalue weighted by atomic mass is 10.2. The SMILES string of the molecule is FC(F)(F)N1C=C(c2ccc3ccccc3n2)NN1. The number of fused-ring (bicyclic) bond motifs is 1. The summed E-state index contributed by atoms with van der Waals surface area (Å²) in [5.74, 6) is 0. The number of hydrazine groups is 2. The van der Waals surface area contributed by atoms with E-state index in [4.69, 9.17) is 0 Å². The summed E-state index contributed by atoms with van der Waals surface area (Å²) in [4.78, 5) is 4.31. The Morgan fingerprint density at radius 2 is 1.84 bits per heavy atom. The zero-order valence-corrected chi connectivity index (χ0v) is 9.57. The number of aromatic nitrogens is 1. The van der Waals surface area contributed by atoms with Crippen LogP contribution < -0.4 is 11.0 Å². The quantitative estimate of drug-likeness (QED) is 0.777. The fourth-order valence-corrected chi connectivity index (χ4v) is 1.80. The number of hydrogen-bond donors (Lipinski definition) is 2. The summed E-state index contributed by atoms with van der Waals surface area (Å²) in [5.41, 5.74) is 5.91. The van der Waals surface area contributed by atoms with Crippen LogP contribution in [0.15, 0.2) is 42.6 Å². The first-order chi connectivity index (χ1) is 9.04. The van der Waals surface area contributed by atoms with Gasteiger partial charge in [0.2, 0.25) is 0 Å². The lowest BCUT2D eigenvalue weighted by Gasteiger charge is -2.17. The minimum atomic E-state index is -4.48. The molecule has 0 saturated carbocycles. The van der Waals surface area contributed by atoms with Gasteiger partial charge in [-0.25, -0.2) is 9.99 Å². The zero-order chi connectivity index (χ0) is 13.5. The fourth-order valence-electron chi connectivity index (χ4n) is 1.80. The van der Waals surface area contributed by atoms with Crippen LogP contribution in [-0.2, 0) is 0 Å². The molecule has 0 aliphatic carbocycles. The van der Waals surface area contributed by atoms with Crippen molar-refractivity contribution in [1.29, 1.82) is 0 Å². The van der Waals surface area contributed by atoms with Crippen molar-refractivity contribution in [2.45, 2.75) is 6.30 Å². The standard InChI is InChI=1S/C12H9F3N4/c13-12(14,15)19-7-11(17-18-19)10-6-5-8-3-1-2-4-9(8)16-10/h1-7,17-18H. The van der Waals surface area contributed by atoms with Crippen LogP contribution >= 0.6 is 0 Å². The molecule has 0 unspecified atom stereocenters. The average molecular weight is 266 g/mol. The second-order valence-electron chi connectivity index (χ2n) is 4.01. The van der Waals surface area contributed by atoms with Crippen molar-refractivity contribution in [1.82, 2.24) is 21.0 Å². The summed E-state index contributed by atoms with van der Waals surface area (Å²) in [6.07, 6.45) is -3.55. The van der Waals surface area contributed by atoms with E-state index in [1.165, 1.54) is 0 Å². The Hall–Kier alpha value is -2.28. The second-order valence-corrected chi connectivity index (χ2v) is 4.01. The molecule has 0 saturated heterocycles. The first-order valence-corrected chi connectivity index (χ1v) is 5.50. The Balaban J connectivity index is 1.97. The third-order valence-electron chi connectivity index (χ3n) is 2.72. The highest BCUT2D eigenvalue weighted by molar-refractivity contribution is 5.80. The van der Waals surface area contributed by atoms with Gasteiger partial charge < -0.3 is 0 Å². The summed E-state index contributed by atoms with van der Waals surface area (Å²) in [6, 6.07) is 10.9. The Bertz CT molecular complexity index is 651. The third kappa shape index (κ3) is 2.19. The predicted octanol–water partition coefficient (Wildman–Crippen LogP) is 2.38. The van der Waals surface area contributed by atoms with Gasteiger partial charge in [0.1, 0.15) is 0 Å². The molecule has 4 nitrogen and oxygen atoms in total. The van der Waals surface area contributed by atoms with Gasteiger partial charge in [-0.2, -0.15) is 0 Å². The average Bonchev–Trinajstić information content (AvgIpc) is 2.87. The van der Waals surface area contributed by atoms with E-state index in [2.05, 4.69) is 10.4 Å². The fraction of sp³-hybridized carbons (Fsp3) is 0.0833. The summed E-state index contributed by atoms with van der Waals surface area (Å²) >= 11 is 0. The molecule has 2 aromatic rings. The molecule has 7 heteroatoms. The van der Waals surface area contributed by atoms with Crippen LogP contribution in [0.2, 0.25) is 0 Å². The molecule has 1 aromatic carbocycles. The molecule has 19 heavy (non-hydrogen) atoms. The van der Waals surface area contributed by atoms with Crippen LogP contribution in [0.5, 0.6) is 0 Å². The molecule has 0 fully saturated rings. The third-order valence-corrected chi connectivity index (χ3v) is 2.72. The summed E-state index contributed by atoms with van der Waals surface area (Å²) < 4.78 is 37.4. The molecule has 1 aliphatic heterocycles. The van der Waals surface area contributed by atoms with Gasteiger partial charge in [-0.15, -0.1) is 18.7 Å². The topological polar surface area (TPSA) is 40.2 Å². The first kappa shape index (κ1) is 11.8. The lowest BCUT2D eigenvalue weighted by molar-refractivity contribution is -0.243. The Kier molecular flexibility index (Phi) is 2.56. The van der Waals surface area contributed by atoms with Crippen molar-refractivity contribution in [3.63, 3.8) is 0 Å². The smallest absolute Gasteiger partial charge is 0.300 e. The molecule has 1 aliphatic rings. The van der Waals surface area contributed by atoms with E-state index in [9.17, 15) is 13.2 Å². The number of nitrogens with one attached hydrogen (secondary N) is 2. The molecule has 0 amide bonds. The van der Waals surface area contributed by atoms with Crippen molar-refractivity contribution in [3.05, 3.63) is 48.3 Å². The Morgan fingerprint density at radius 3 is 2.58 bits per heavy atom. The predicted molar refractivity (Wildman–Crippen MR) is 63.9 cm³/mol. The molecule has 98 valence electrons. The van der Waals surface area contributed by atoms with Crippen LogP contribution in [0.1, 0.15) is 5.69 Å². The molecule has 3 rings (SSSR count). The van der Waals surface area contributed by atoms with E-state index >= 15 is 0 Å². The molecule has 1 aromatic heterocycles. The minimum Gasteiger partial charge on any atom is -0.300 e. The van der Waals surface area contributed by atoms with Gasteiger partial charge in [0.25, 0.3) is 0 Å². The van der Waals surface area contributed by atoms with Gasteiger partial charge in [0.15, 0.2) is 0 Å². The van der Waals surface area contributed by atoms with Gasteiger partial charge in [-0.05, 0) is 12.1 Å². The molecule has 2 N–H and O–H groups in total. The summed E-state index contributed by atoms with van der Waals surface area (Å²) in [6.45, 7) is 0. The van der Waals surface area contributed by atoms with E-state index in [-0.39, 0.29) is 10.7 Å². The summed E-state index contributed by atoms with van der Waals surface area (Å²) in [7, 11) is 0. The van der Waals surface area contributed by atoms with Gasteiger partial charge in [0, 0.05) is 5.39 Å². The first-order valence-electron chi connectivity index (χ1n) is 5.50. The number of rotatable bonds is 1. The monoisotopic (exact) mass is 266 g/mol. The van der Waals surface area contributed by atoms with E-state index in [1.807, 2.05) is 35.9 Å². The number of alkyl halides is 3.